The lowest BCUT2D eigenvalue weighted by molar-refractivity contribution is 0.0930. The summed E-state index contributed by atoms with van der Waals surface area (Å²) in [7, 11) is 0. The first kappa shape index (κ1) is 20.4. The molecule has 1 fully saturated rings. The molecule has 2 aliphatic heterocycles. The topological polar surface area (TPSA) is 104 Å². The zero-order chi connectivity index (χ0) is 21.9. The highest BCUT2D eigenvalue weighted by atomic mass is 19.1. The Labute approximate surface area is 185 Å². The second-order valence-corrected chi connectivity index (χ2v) is 8.13. The molecule has 5 rings (SSSR count). The number of carbonyl (C=O) groups excluding carboxylic acids is 1. The summed E-state index contributed by atoms with van der Waals surface area (Å²) in [6, 6.07) is 11.3. The number of rotatable bonds is 6. The number of ether oxygens (including phenoxy) is 1. The van der Waals surface area contributed by atoms with Gasteiger partial charge in [-0.1, -0.05) is 12.1 Å². The van der Waals surface area contributed by atoms with E-state index in [-0.39, 0.29) is 24.4 Å². The zero-order valence-electron chi connectivity index (χ0n) is 17.5. The molecular formula is C23H25FN6O2. The zero-order valence-corrected chi connectivity index (χ0v) is 17.5. The summed E-state index contributed by atoms with van der Waals surface area (Å²) in [5.74, 6) is 2.03. The Kier molecular flexibility index (Phi) is 5.72. The predicted molar refractivity (Wildman–Crippen MR) is 117 cm³/mol. The van der Waals surface area contributed by atoms with Crippen molar-refractivity contribution in [2.75, 3.05) is 25.0 Å². The van der Waals surface area contributed by atoms with Crippen LogP contribution in [0.2, 0.25) is 0 Å². The van der Waals surface area contributed by atoms with E-state index in [0.717, 1.165) is 48.8 Å². The molecule has 2 aromatic carbocycles. The number of benzene rings is 2. The molecule has 32 heavy (non-hydrogen) atoms. The first-order chi connectivity index (χ1) is 15.7. The number of piperidine rings is 1. The molecule has 4 N–H and O–H groups in total. The molecule has 3 aromatic rings. The molecular weight excluding hydrogens is 411 g/mol. The van der Waals surface area contributed by atoms with Crippen LogP contribution in [0.15, 0.2) is 42.5 Å². The van der Waals surface area contributed by atoms with Crippen molar-refractivity contribution in [3.8, 4) is 5.75 Å². The Morgan fingerprint density at radius 2 is 2.03 bits per heavy atom. The number of nitrogens with one attached hydrogen (secondary N) is 4. The molecule has 0 saturated carbocycles. The Morgan fingerprint density at radius 1 is 1.16 bits per heavy atom. The van der Waals surface area contributed by atoms with Gasteiger partial charge in [-0.25, -0.2) is 4.39 Å². The van der Waals surface area contributed by atoms with Gasteiger partial charge in [-0.15, -0.1) is 10.2 Å². The van der Waals surface area contributed by atoms with Gasteiger partial charge in [-0.3, -0.25) is 4.79 Å². The van der Waals surface area contributed by atoms with Gasteiger partial charge in [0.05, 0.1) is 12.6 Å². The van der Waals surface area contributed by atoms with Crippen molar-refractivity contribution in [2.45, 2.75) is 31.3 Å². The molecule has 8 nitrogen and oxygen atoms in total. The van der Waals surface area contributed by atoms with Crippen LogP contribution in [-0.2, 0) is 6.54 Å². The Hall–Kier alpha value is -3.46. The molecule has 3 heterocycles. The van der Waals surface area contributed by atoms with E-state index < -0.39 is 0 Å². The van der Waals surface area contributed by atoms with Crippen LogP contribution >= 0.6 is 0 Å². The maximum absolute atomic E-state index is 13.4. The molecule has 9 heteroatoms. The van der Waals surface area contributed by atoms with Crippen LogP contribution in [0.3, 0.4) is 0 Å². The third kappa shape index (κ3) is 4.43. The summed E-state index contributed by atoms with van der Waals surface area (Å²) in [5, 5.41) is 18.2. The van der Waals surface area contributed by atoms with Gasteiger partial charge >= 0.3 is 0 Å². The fourth-order valence-electron chi connectivity index (χ4n) is 4.17. The van der Waals surface area contributed by atoms with Crippen LogP contribution in [0.5, 0.6) is 5.75 Å². The lowest BCUT2D eigenvalue weighted by Gasteiger charge is -2.19. The first-order valence-electron chi connectivity index (χ1n) is 10.8. The smallest absolute Gasteiger partial charge is 0.251 e. The maximum Gasteiger partial charge on any atom is 0.251 e. The van der Waals surface area contributed by atoms with Crippen molar-refractivity contribution >= 4 is 11.6 Å². The lowest BCUT2D eigenvalue weighted by atomic mass is 9.98. The van der Waals surface area contributed by atoms with Crippen molar-refractivity contribution in [1.29, 1.82) is 0 Å². The molecule has 166 valence electrons. The van der Waals surface area contributed by atoms with E-state index in [1.165, 1.54) is 12.1 Å². The number of H-pyrrole nitrogens is 1. The third-order valence-electron chi connectivity index (χ3n) is 5.92. The van der Waals surface area contributed by atoms with Crippen molar-refractivity contribution in [3.63, 3.8) is 0 Å². The van der Waals surface area contributed by atoms with Gasteiger partial charge in [0.2, 0.25) is 0 Å². The number of aromatic nitrogens is 3. The molecule has 1 aromatic heterocycles. The Balaban J connectivity index is 1.20. The summed E-state index contributed by atoms with van der Waals surface area (Å²) in [6.45, 7) is 2.78. The average Bonchev–Trinajstić information content (AvgIpc) is 3.45. The van der Waals surface area contributed by atoms with E-state index >= 15 is 0 Å². The number of halogens is 1. The van der Waals surface area contributed by atoms with Crippen molar-refractivity contribution in [2.24, 2.45) is 0 Å². The van der Waals surface area contributed by atoms with Crippen LogP contribution in [0.1, 0.15) is 52.4 Å². The number of amides is 1. The van der Waals surface area contributed by atoms with Gasteiger partial charge < -0.3 is 25.7 Å². The van der Waals surface area contributed by atoms with E-state index in [9.17, 15) is 9.18 Å². The van der Waals surface area contributed by atoms with Gasteiger partial charge in [0, 0.05) is 28.8 Å². The summed E-state index contributed by atoms with van der Waals surface area (Å²) < 4.78 is 18.9. The van der Waals surface area contributed by atoms with Crippen molar-refractivity contribution < 1.29 is 13.9 Å². The van der Waals surface area contributed by atoms with E-state index in [1.807, 2.05) is 12.1 Å². The molecule has 0 aliphatic carbocycles. The monoisotopic (exact) mass is 436 g/mol. The van der Waals surface area contributed by atoms with E-state index in [4.69, 9.17) is 4.74 Å². The molecule has 0 radical (unpaired) electrons. The standard InChI is InChI=1S/C23H25FN6O2/c24-16-4-5-18-19(13-32-20(18)11-16)27-23(31)15-2-1-3-17(10-15)26-12-21-28-22(30-29-21)14-6-8-25-9-7-14/h1-5,10-11,14,19,25-26H,6-9,12-13H2,(H,27,31)(H,28,29,30)/t19-/m1/s1. The number of anilines is 1. The van der Waals surface area contributed by atoms with E-state index in [2.05, 4.69) is 31.1 Å². The molecule has 2 aliphatic rings. The molecule has 1 amide bonds. The van der Waals surface area contributed by atoms with Gasteiger partial charge in [-0.05, 0) is 50.2 Å². The molecule has 1 atom stereocenters. The third-order valence-corrected chi connectivity index (χ3v) is 5.92. The SMILES string of the molecule is O=C(N[C@@H]1COc2cc(F)ccc21)c1cccc(NCc2nnc(C3CCNCC3)[nH]2)c1. The normalized spacial score (nSPS) is 18.1. The number of nitrogens with zero attached hydrogens (tertiary/aromatic N) is 2. The Bertz CT molecular complexity index is 1110. The van der Waals surface area contributed by atoms with E-state index in [1.54, 1.807) is 18.2 Å². The fraction of sp³-hybridized carbons (Fsp3) is 0.348. The van der Waals surface area contributed by atoms with E-state index in [0.29, 0.717) is 23.8 Å². The highest BCUT2D eigenvalue weighted by Gasteiger charge is 2.26. The second kappa shape index (κ2) is 8.96. The highest BCUT2D eigenvalue weighted by molar-refractivity contribution is 5.95. The quantitative estimate of drug-likeness (QED) is 0.474. The highest BCUT2D eigenvalue weighted by Crippen LogP contribution is 2.33. The lowest BCUT2D eigenvalue weighted by Crippen LogP contribution is -2.29. The predicted octanol–water partition coefficient (Wildman–Crippen LogP) is 2.89. The Morgan fingerprint density at radius 3 is 2.91 bits per heavy atom. The van der Waals surface area contributed by atoms with Gasteiger partial charge in [0.1, 0.15) is 29.8 Å². The molecule has 0 bridgehead atoms. The van der Waals surface area contributed by atoms with Gasteiger partial charge in [0.25, 0.3) is 5.91 Å². The van der Waals surface area contributed by atoms with Gasteiger partial charge in [-0.2, -0.15) is 0 Å². The molecule has 0 unspecified atom stereocenters. The van der Waals surface area contributed by atoms with Crippen LogP contribution in [0, 0.1) is 5.82 Å². The largest absolute Gasteiger partial charge is 0.491 e. The van der Waals surface area contributed by atoms with Crippen LogP contribution in [-0.4, -0.2) is 40.8 Å². The molecule has 1 saturated heterocycles. The number of aromatic amines is 1. The maximum atomic E-state index is 13.4. The second-order valence-electron chi connectivity index (χ2n) is 8.13. The minimum Gasteiger partial charge on any atom is -0.491 e. The minimum atomic E-state index is -0.357. The summed E-state index contributed by atoms with van der Waals surface area (Å²) in [6.07, 6.45) is 2.12. The first-order valence-corrected chi connectivity index (χ1v) is 10.8. The van der Waals surface area contributed by atoms with Crippen molar-refractivity contribution in [1.82, 2.24) is 25.8 Å². The number of fused-ring (bicyclic) bond motifs is 1. The van der Waals surface area contributed by atoms with Gasteiger partial charge in [0.15, 0.2) is 0 Å². The number of hydrogen-bond donors (Lipinski definition) is 4. The van der Waals surface area contributed by atoms with Crippen LogP contribution in [0.25, 0.3) is 0 Å². The number of carbonyl (C=O) groups is 1. The summed E-state index contributed by atoms with van der Waals surface area (Å²) in [4.78, 5) is 16.1. The average molecular weight is 436 g/mol. The summed E-state index contributed by atoms with van der Waals surface area (Å²) >= 11 is 0. The number of hydrogen-bond acceptors (Lipinski definition) is 6. The van der Waals surface area contributed by atoms with Crippen LogP contribution < -0.4 is 20.7 Å². The minimum absolute atomic E-state index is 0.215. The van der Waals surface area contributed by atoms with Crippen molar-refractivity contribution in [3.05, 3.63) is 71.1 Å². The molecule has 0 spiro atoms. The fourth-order valence-corrected chi connectivity index (χ4v) is 4.17. The summed E-state index contributed by atoms with van der Waals surface area (Å²) in [5.41, 5.74) is 2.12. The van der Waals surface area contributed by atoms with Crippen LogP contribution in [0.4, 0.5) is 10.1 Å².